The zero-order valence-corrected chi connectivity index (χ0v) is 20.3. The Hall–Kier alpha value is -2.13. The summed E-state index contributed by atoms with van der Waals surface area (Å²) in [5.41, 5.74) is 1.52. The summed E-state index contributed by atoms with van der Waals surface area (Å²) in [6.45, 7) is 4.55. The summed E-state index contributed by atoms with van der Waals surface area (Å²) < 4.78 is 27.8. The van der Waals surface area contributed by atoms with Gasteiger partial charge in [-0.2, -0.15) is 4.31 Å². The molecule has 178 valence electrons. The normalized spacial score (nSPS) is 18.6. The van der Waals surface area contributed by atoms with Crippen LogP contribution in [0.2, 0.25) is 5.02 Å². The third-order valence-electron chi connectivity index (χ3n) is 6.28. The molecule has 2 aliphatic heterocycles. The number of amides is 1. The second kappa shape index (κ2) is 10.9. The molecule has 0 atom stereocenters. The minimum atomic E-state index is -3.61. The van der Waals surface area contributed by atoms with E-state index in [1.54, 1.807) is 10.4 Å². The highest BCUT2D eigenvalue weighted by Crippen LogP contribution is 2.28. The van der Waals surface area contributed by atoms with E-state index in [4.69, 9.17) is 11.6 Å². The van der Waals surface area contributed by atoms with Gasteiger partial charge in [0, 0.05) is 45.0 Å². The Balaban J connectivity index is 1.36. The zero-order chi connectivity index (χ0) is 23.3. The lowest BCUT2D eigenvalue weighted by atomic mass is 10.2. The lowest BCUT2D eigenvalue weighted by Gasteiger charge is -2.35. The van der Waals surface area contributed by atoms with Gasteiger partial charge in [-0.15, -0.1) is 0 Å². The number of nitrogens with one attached hydrogen (secondary N) is 1. The molecule has 0 spiro atoms. The van der Waals surface area contributed by atoms with Crippen molar-refractivity contribution in [3.63, 3.8) is 0 Å². The number of hydrogen-bond acceptors (Lipinski definition) is 5. The van der Waals surface area contributed by atoms with E-state index in [1.807, 2.05) is 18.2 Å². The van der Waals surface area contributed by atoms with Crippen molar-refractivity contribution in [1.82, 2.24) is 9.21 Å². The number of rotatable bonds is 6. The van der Waals surface area contributed by atoms with Crippen LogP contribution in [0.4, 0.5) is 11.4 Å². The summed E-state index contributed by atoms with van der Waals surface area (Å²) in [6, 6.07) is 14.8. The first-order valence-corrected chi connectivity index (χ1v) is 13.4. The molecule has 9 heteroatoms. The van der Waals surface area contributed by atoms with Crippen LogP contribution in [-0.2, 0) is 14.8 Å². The predicted molar refractivity (Wildman–Crippen MR) is 132 cm³/mol. The van der Waals surface area contributed by atoms with E-state index >= 15 is 0 Å². The second-order valence-corrected chi connectivity index (χ2v) is 11.0. The average molecular weight is 491 g/mol. The molecular weight excluding hydrogens is 460 g/mol. The molecule has 1 amide bonds. The van der Waals surface area contributed by atoms with Gasteiger partial charge in [-0.1, -0.05) is 42.6 Å². The van der Waals surface area contributed by atoms with Crippen molar-refractivity contribution in [2.75, 3.05) is 56.0 Å². The molecule has 0 aromatic heterocycles. The van der Waals surface area contributed by atoms with Gasteiger partial charge < -0.3 is 10.2 Å². The van der Waals surface area contributed by atoms with Crippen molar-refractivity contribution in [3.05, 3.63) is 53.6 Å². The van der Waals surface area contributed by atoms with Crippen LogP contribution in [0.3, 0.4) is 0 Å². The van der Waals surface area contributed by atoms with E-state index < -0.39 is 10.0 Å². The topological polar surface area (TPSA) is 73.0 Å². The van der Waals surface area contributed by atoms with E-state index in [-0.39, 0.29) is 17.3 Å². The fourth-order valence-corrected chi connectivity index (χ4v) is 6.10. The fraction of sp³-hybridized carbons (Fsp3) is 0.458. The van der Waals surface area contributed by atoms with Crippen LogP contribution in [0.5, 0.6) is 0 Å². The summed E-state index contributed by atoms with van der Waals surface area (Å²) in [5, 5.41) is 3.15. The third-order valence-corrected chi connectivity index (χ3v) is 8.50. The van der Waals surface area contributed by atoms with Crippen molar-refractivity contribution in [1.29, 1.82) is 0 Å². The zero-order valence-electron chi connectivity index (χ0n) is 18.7. The van der Waals surface area contributed by atoms with Crippen LogP contribution in [0.25, 0.3) is 0 Å². The minimum Gasteiger partial charge on any atom is -0.369 e. The number of carbonyl (C=O) groups is 1. The van der Waals surface area contributed by atoms with E-state index in [1.165, 1.54) is 17.8 Å². The molecule has 33 heavy (non-hydrogen) atoms. The van der Waals surface area contributed by atoms with Crippen LogP contribution in [0.1, 0.15) is 25.7 Å². The van der Waals surface area contributed by atoms with Crippen molar-refractivity contribution < 1.29 is 13.2 Å². The highest BCUT2D eigenvalue weighted by molar-refractivity contribution is 7.89. The Morgan fingerprint density at radius 3 is 2.21 bits per heavy atom. The van der Waals surface area contributed by atoms with Crippen LogP contribution >= 0.6 is 11.6 Å². The highest BCUT2D eigenvalue weighted by atomic mass is 35.5. The van der Waals surface area contributed by atoms with Crippen molar-refractivity contribution in [2.45, 2.75) is 30.6 Å². The second-order valence-electron chi connectivity index (χ2n) is 8.61. The number of piperazine rings is 1. The first-order valence-electron chi connectivity index (χ1n) is 11.6. The number of carbonyl (C=O) groups excluding carboxylic acids is 1. The van der Waals surface area contributed by atoms with Crippen LogP contribution in [0.15, 0.2) is 53.4 Å². The summed E-state index contributed by atoms with van der Waals surface area (Å²) in [5.74, 6) is -0.200. The standard InChI is InChI=1S/C24H31ClN4O3S/c25-22-11-10-21(33(31,32)29-12-6-1-2-7-13-29)18-23(22)26-24(30)19-27-14-16-28(17-15-27)20-8-4-3-5-9-20/h3-5,8-11,18H,1-2,6-7,12-17,19H2,(H,26,30). The Kier molecular flexibility index (Phi) is 7.90. The van der Waals surface area contributed by atoms with Crippen LogP contribution in [-0.4, -0.2) is 69.3 Å². The number of nitrogens with zero attached hydrogens (tertiary/aromatic N) is 3. The van der Waals surface area contributed by atoms with Gasteiger partial charge in [0.25, 0.3) is 0 Å². The largest absolute Gasteiger partial charge is 0.369 e. The van der Waals surface area contributed by atoms with E-state index in [0.29, 0.717) is 23.8 Å². The molecule has 4 rings (SSSR count). The Morgan fingerprint density at radius 1 is 0.879 bits per heavy atom. The molecule has 0 bridgehead atoms. The molecule has 7 nitrogen and oxygen atoms in total. The van der Waals surface area contributed by atoms with Crippen LogP contribution < -0.4 is 10.2 Å². The van der Waals surface area contributed by atoms with Gasteiger partial charge in [0.1, 0.15) is 0 Å². The molecule has 2 saturated heterocycles. The summed E-state index contributed by atoms with van der Waals surface area (Å²) in [4.78, 5) is 17.3. The average Bonchev–Trinajstić information content (AvgIpc) is 3.12. The molecule has 0 unspecified atom stereocenters. The number of sulfonamides is 1. The highest BCUT2D eigenvalue weighted by Gasteiger charge is 2.26. The quantitative estimate of drug-likeness (QED) is 0.669. The van der Waals surface area contributed by atoms with E-state index in [0.717, 1.165) is 51.9 Å². The molecular formula is C24H31ClN4O3S. The maximum Gasteiger partial charge on any atom is 0.243 e. The fourth-order valence-electron chi connectivity index (χ4n) is 4.39. The Bertz CT molecular complexity index is 1050. The third kappa shape index (κ3) is 6.06. The molecule has 2 aliphatic rings. The number of para-hydroxylation sites is 1. The molecule has 0 aliphatic carbocycles. The summed E-state index contributed by atoms with van der Waals surface area (Å²) in [7, 11) is -3.61. The monoisotopic (exact) mass is 490 g/mol. The molecule has 2 aromatic carbocycles. The first-order chi connectivity index (χ1) is 15.9. The lowest BCUT2D eigenvalue weighted by Crippen LogP contribution is -2.48. The van der Waals surface area contributed by atoms with Crippen molar-refractivity contribution >= 4 is 38.9 Å². The number of hydrogen-bond donors (Lipinski definition) is 1. The van der Waals surface area contributed by atoms with Gasteiger partial charge in [-0.05, 0) is 43.2 Å². The van der Waals surface area contributed by atoms with Gasteiger partial charge in [-0.25, -0.2) is 8.42 Å². The van der Waals surface area contributed by atoms with Gasteiger partial charge >= 0.3 is 0 Å². The predicted octanol–water partition coefficient (Wildman–Crippen LogP) is 3.67. The summed E-state index contributed by atoms with van der Waals surface area (Å²) >= 11 is 6.29. The van der Waals surface area contributed by atoms with E-state index in [9.17, 15) is 13.2 Å². The first kappa shape index (κ1) is 24.0. The summed E-state index contributed by atoms with van der Waals surface area (Å²) in [6.07, 6.45) is 3.84. The number of halogens is 1. The van der Waals surface area contributed by atoms with E-state index in [2.05, 4.69) is 27.2 Å². The minimum absolute atomic E-state index is 0.167. The van der Waals surface area contributed by atoms with Crippen LogP contribution in [0, 0.1) is 0 Å². The lowest BCUT2D eigenvalue weighted by molar-refractivity contribution is -0.117. The van der Waals surface area contributed by atoms with Gasteiger partial charge in [-0.3, -0.25) is 9.69 Å². The number of anilines is 2. The van der Waals surface area contributed by atoms with Gasteiger partial charge in [0.2, 0.25) is 15.9 Å². The van der Waals surface area contributed by atoms with Gasteiger partial charge in [0.15, 0.2) is 0 Å². The van der Waals surface area contributed by atoms with Crippen molar-refractivity contribution in [3.8, 4) is 0 Å². The Labute approximate surface area is 201 Å². The molecule has 0 radical (unpaired) electrons. The molecule has 2 aromatic rings. The molecule has 0 saturated carbocycles. The smallest absolute Gasteiger partial charge is 0.243 e. The maximum atomic E-state index is 13.1. The molecule has 2 fully saturated rings. The Morgan fingerprint density at radius 2 is 1.55 bits per heavy atom. The number of benzene rings is 2. The maximum absolute atomic E-state index is 13.1. The SMILES string of the molecule is O=C(CN1CCN(c2ccccc2)CC1)Nc1cc(S(=O)(=O)N2CCCCCC2)ccc1Cl. The van der Waals surface area contributed by atoms with Crippen molar-refractivity contribution in [2.24, 2.45) is 0 Å². The molecule has 2 heterocycles. The molecule has 1 N–H and O–H groups in total. The van der Waals surface area contributed by atoms with Gasteiger partial charge in [0.05, 0.1) is 22.2 Å².